The van der Waals surface area contributed by atoms with Crippen molar-refractivity contribution in [3.05, 3.63) is 29.3 Å². The third kappa shape index (κ3) is 9.85. The van der Waals surface area contributed by atoms with E-state index < -0.39 is 0 Å². The van der Waals surface area contributed by atoms with Gasteiger partial charge in [0, 0.05) is 13.7 Å². The van der Waals surface area contributed by atoms with Crippen LogP contribution in [0.2, 0.25) is 0 Å². The van der Waals surface area contributed by atoms with Crippen LogP contribution in [-0.2, 0) is 11.2 Å². The van der Waals surface area contributed by atoms with Crippen LogP contribution < -0.4 is 4.74 Å². The Labute approximate surface area is 126 Å². The van der Waals surface area contributed by atoms with Gasteiger partial charge in [-0.2, -0.15) is 0 Å². The number of hydrogen-bond donors (Lipinski definition) is 0. The first-order valence-electron chi connectivity index (χ1n) is 7.90. The van der Waals surface area contributed by atoms with Crippen molar-refractivity contribution in [1.82, 2.24) is 0 Å². The molecule has 0 atom stereocenters. The molecular weight excluding hydrogens is 248 g/mol. The molecule has 2 heteroatoms. The van der Waals surface area contributed by atoms with Crippen LogP contribution in [0.3, 0.4) is 0 Å². The van der Waals surface area contributed by atoms with E-state index in [9.17, 15) is 0 Å². The fraction of sp³-hybridized carbons (Fsp3) is 0.667. The monoisotopic (exact) mass is 282 g/mol. The molecule has 0 amide bonds. The molecule has 0 N–H and O–H groups in total. The Morgan fingerprint density at radius 1 is 0.900 bits per heavy atom. The molecule has 20 heavy (non-hydrogen) atoms. The number of methoxy groups -OCH3 is 2. The molecule has 0 aliphatic heterocycles. The molecular formula is C18H34O2. The summed E-state index contributed by atoms with van der Waals surface area (Å²) in [5.41, 5.74) is 2.62. The van der Waals surface area contributed by atoms with Crippen molar-refractivity contribution in [2.75, 3.05) is 20.8 Å². The predicted molar refractivity (Wildman–Crippen MR) is 89.9 cm³/mol. The van der Waals surface area contributed by atoms with Crippen molar-refractivity contribution in [2.24, 2.45) is 0 Å². The summed E-state index contributed by atoms with van der Waals surface area (Å²) in [4.78, 5) is 0. The largest absolute Gasteiger partial charge is 0.496 e. The maximum Gasteiger partial charge on any atom is 0.122 e. The molecule has 2 nitrogen and oxygen atoms in total. The van der Waals surface area contributed by atoms with Gasteiger partial charge in [-0.3, -0.25) is 0 Å². The smallest absolute Gasteiger partial charge is 0.122 e. The first-order valence-corrected chi connectivity index (χ1v) is 7.90. The fourth-order valence-electron chi connectivity index (χ4n) is 1.84. The minimum atomic E-state index is 0.866. The summed E-state index contributed by atoms with van der Waals surface area (Å²) in [5.74, 6) is 1.01. The van der Waals surface area contributed by atoms with Crippen LogP contribution in [0.1, 0.15) is 58.1 Å². The quantitative estimate of drug-likeness (QED) is 0.622. The molecule has 0 aliphatic rings. The average molecular weight is 282 g/mol. The molecule has 0 saturated heterocycles. The van der Waals surface area contributed by atoms with Gasteiger partial charge in [0.15, 0.2) is 0 Å². The zero-order chi connectivity index (χ0) is 15.8. The van der Waals surface area contributed by atoms with Crippen LogP contribution >= 0.6 is 0 Å². The highest BCUT2D eigenvalue weighted by Crippen LogP contribution is 2.21. The first-order chi connectivity index (χ1) is 9.77. The summed E-state index contributed by atoms with van der Waals surface area (Å²) < 4.78 is 10.4. The highest BCUT2D eigenvalue weighted by molar-refractivity contribution is 5.36. The van der Waals surface area contributed by atoms with E-state index in [0.717, 1.165) is 25.2 Å². The van der Waals surface area contributed by atoms with Crippen molar-refractivity contribution in [2.45, 2.75) is 60.3 Å². The Bertz CT molecular complexity index is 308. The summed E-state index contributed by atoms with van der Waals surface area (Å²) in [6.07, 6.45) is 4.65. The Balaban J connectivity index is 0. The van der Waals surface area contributed by atoms with Gasteiger partial charge in [0.05, 0.1) is 7.11 Å². The number of unbranched alkanes of at least 4 members (excludes halogenated alkanes) is 2. The van der Waals surface area contributed by atoms with E-state index in [1.807, 2.05) is 27.7 Å². The van der Waals surface area contributed by atoms with E-state index in [4.69, 9.17) is 9.47 Å². The molecule has 118 valence electrons. The number of aryl methyl sites for hydroxylation is 2. The van der Waals surface area contributed by atoms with Crippen molar-refractivity contribution in [3.63, 3.8) is 0 Å². The maximum atomic E-state index is 5.35. The third-order valence-corrected chi connectivity index (χ3v) is 2.73. The average Bonchev–Trinajstić information content (AvgIpc) is 2.51. The summed E-state index contributed by atoms with van der Waals surface area (Å²) >= 11 is 0. The van der Waals surface area contributed by atoms with Gasteiger partial charge in [-0.15, -0.1) is 0 Å². The Morgan fingerprint density at radius 2 is 1.55 bits per heavy atom. The van der Waals surface area contributed by atoms with E-state index in [1.54, 1.807) is 14.2 Å². The van der Waals surface area contributed by atoms with Gasteiger partial charge in [-0.05, 0) is 37.8 Å². The highest BCUT2D eigenvalue weighted by Gasteiger charge is 2.02. The van der Waals surface area contributed by atoms with Crippen molar-refractivity contribution < 1.29 is 9.47 Å². The van der Waals surface area contributed by atoms with Crippen LogP contribution in [-0.4, -0.2) is 20.8 Å². The van der Waals surface area contributed by atoms with Gasteiger partial charge >= 0.3 is 0 Å². The minimum absolute atomic E-state index is 0.866. The molecule has 0 fully saturated rings. The van der Waals surface area contributed by atoms with E-state index >= 15 is 0 Å². The fourth-order valence-corrected chi connectivity index (χ4v) is 1.84. The van der Waals surface area contributed by atoms with Gasteiger partial charge in [0.25, 0.3) is 0 Å². The van der Waals surface area contributed by atoms with Crippen LogP contribution in [0.5, 0.6) is 5.75 Å². The first kappa shape index (κ1) is 21.3. The van der Waals surface area contributed by atoms with Crippen LogP contribution in [0.4, 0.5) is 0 Å². The molecule has 1 rings (SSSR count). The normalized spacial score (nSPS) is 8.95. The lowest BCUT2D eigenvalue weighted by Gasteiger charge is -2.09. The number of benzene rings is 1. The lowest BCUT2D eigenvalue weighted by Crippen LogP contribution is -1.94. The van der Waals surface area contributed by atoms with Crippen LogP contribution in [0, 0.1) is 6.92 Å². The van der Waals surface area contributed by atoms with E-state index in [0.29, 0.717) is 0 Å². The molecule has 0 spiro atoms. The molecule has 0 radical (unpaired) electrons. The maximum absolute atomic E-state index is 5.35. The van der Waals surface area contributed by atoms with Crippen molar-refractivity contribution >= 4 is 0 Å². The number of ether oxygens (including phenoxy) is 2. The lowest BCUT2D eigenvalue weighted by molar-refractivity contribution is 0.192. The molecule has 1 aromatic rings. The summed E-state index contributed by atoms with van der Waals surface area (Å²) in [6.45, 7) is 11.0. The second-order valence-corrected chi connectivity index (χ2v) is 4.12. The van der Waals surface area contributed by atoms with E-state index in [2.05, 4.69) is 25.1 Å². The van der Waals surface area contributed by atoms with Gasteiger partial charge in [0.1, 0.15) is 5.75 Å². The standard InChI is InChI=1S/C14H22O2.2C2H6/c1-12-8-9-14(16-3)13(11-12)7-5-4-6-10-15-2;2*1-2/h8-9,11H,4-7,10H2,1-3H3;2*1-2H3. The molecule has 1 aromatic carbocycles. The molecule has 0 aliphatic carbocycles. The lowest BCUT2D eigenvalue weighted by atomic mass is 10.0. The van der Waals surface area contributed by atoms with Gasteiger partial charge in [-0.25, -0.2) is 0 Å². The molecule has 0 aromatic heterocycles. The number of hydrogen-bond acceptors (Lipinski definition) is 2. The van der Waals surface area contributed by atoms with Crippen molar-refractivity contribution in [3.8, 4) is 5.75 Å². The summed E-state index contributed by atoms with van der Waals surface area (Å²) in [5, 5.41) is 0. The topological polar surface area (TPSA) is 18.5 Å². The van der Waals surface area contributed by atoms with Gasteiger partial charge in [-0.1, -0.05) is 51.8 Å². The summed E-state index contributed by atoms with van der Waals surface area (Å²) in [7, 11) is 3.49. The number of rotatable bonds is 7. The van der Waals surface area contributed by atoms with Gasteiger partial charge in [0.2, 0.25) is 0 Å². The molecule has 0 unspecified atom stereocenters. The third-order valence-electron chi connectivity index (χ3n) is 2.73. The van der Waals surface area contributed by atoms with E-state index in [-0.39, 0.29) is 0 Å². The Morgan fingerprint density at radius 3 is 2.10 bits per heavy atom. The molecule has 0 saturated carbocycles. The van der Waals surface area contributed by atoms with Crippen LogP contribution in [0.15, 0.2) is 18.2 Å². The van der Waals surface area contributed by atoms with Crippen molar-refractivity contribution in [1.29, 1.82) is 0 Å². The zero-order valence-corrected chi connectivity index (χ0v) is 14.6. The van der Waals surface area contributed by atoms with Gasteiger partial charge < -0.3 is 9.47 Å². The van der Waals surface area contributed by atoms with E-state index in [1.165, 1.54) is 24.0 Å². The summed E-state index contributed by atoms with van der Waals surface area (Å²) in [6, 6.07) is 6.36. The SMILES string of the molecule is CC.CC.COCCCCCc1cc(C)ccc1OC. The highest BCUT2D eigenvalue weighted by atomic mass is 16.5. The Kier molecular flexibility index (Phi) is 17.1. The Hall–Kier alpha value is -1.02. The zero-order valence-electron chi connectivity index (χ0n) is 14.6. The predicted octanol–water partition coefficient (Wildman–Crippen LogP) is 5.42. The second kappa shape index (κ2) is 16.0. The molecule has 0 heterocycles. The minimum Gasteiger partial charge on any atom is -0.496 e. The molecule has 0 bridgehead atoms. The second-order valence-electron chi connectivity index (χ2n) is 4.12. The van der Waals surface area contributed by atoms with Crippen LogP contribution in [0.25, 0.3) is 0 Å².